The van der Waals surface area contributed by atoms with Crippen LogP contribution in [-0.4, -0.2) is 75.9 Å². The van der Waals surface area contributed by atoms with E-state index in [2.05, 4.69) is 39.3 Å². The fourth-order valence-electron chi connectivity index (χ4n) is 3.30. The Morgan fingerprint density at radius 1 is 1.29 bits per heavy atom. The average Bonchev–Trinajstić information content (AvgIpc) is 3.15. The molecule has 0 aliphatic carbocycles. The Morgan fingerprint density at radius 2 is 2.10 bits per heavy atom. The summed E-state index contributed by atoms with van der Waals surface area (Å²) in [5.41, 5.74) is 0. The fourth-order valence-corrected chi connectivity index (χ4v) is 3.30. The molecule has 2 aliphatic heterocycles. The zero-order valence-electron chi connectivity index (χ0n) is 13.1. The number of nitrogens with zero attached hydrogens (tertiary/aromatic N) is 6. The molecule has 2 saturated heterocycles. The summed E-state index contributed by atoms with van der Waals surface area (Å²) in [4.78, 5) is 4.89. The minimum absolute atomic E-state index is 0.275. The second-order valence-corrected chi connectivity index (χ2v) is 6.12. The largest absolute Gasteiger partial charge is 0.376 e. The molecule has 7 nitrogen and oxygen atoms in total. The SMILES string of the molecule is CC[C@@H](c1nnnn1C[C@@H]1CCCO1)N1CCN(C)CC1. The Hall–Kier alpha value is -1.05. The quantitative estimate of drug-likeness (QED) is 0.790. The van der Waals surface area contributed by atoms with Crippen molar-refractivity contribution in [2.24, 2.45) is 0 Å². The molecular formula is C14H26N6O. The zero-order chi connectivity index (χ0) is 14.7. The van der Waals surface area contributed by atoms with Gasteiger partial charge in [-0.3, -0.25) is 4.90 Å². The van der Waals surface area contributed by atoms with Crippen molar-refractivity contribution in [2.45, 2.75) is 44.9 Å². The normalized spacial score (nSPS) is 26.3. The molecule has 0 aromatic carbocycles. The van der Waals surface area contributed by atoms with E-state index >= 15 is 0 Å². The third-order valence-corrected chi connectivity index (χ3v) is 4.62. The van der Waals surface area contributed by atoms with Crippen LogP contribution >= 0.6 is 0 Å². The Morgan fingerprint density at radius 3 is 2.76 bits per heavy atom. The van der Waals surface area contributed by atoms with Gasteiger partial charge in [-0.15, -0.1) is 5.10 Å². The predicted molar refractivity (Wildman–Crippen MR) is 78.9 cm³/mol. The van der Waals surface area contributed by atoms with Gasteiger partial charge < -0.3 is 9.64 Å². The van der Waals surface area contributed by atoms with Crippen molar-refractivity contribution in [1.82, 2.24) is 30.0 Å². The summed E-state index contributed by atoms with van der Waals surface area (Å²) >= 11 is 0. The van der Waals surface area contributed by atoms with Gasteiger partial charge in [0.05, 0.1) is 18.7 Å². The van der Waals surface area contributed by atoms with Crippen LogP contribution in [-0.2, 0) is 11.3 Å². The molecule has 21 heavy (non-hydrogen) atoms. The van der Waals surface area contributed by atoms with Gasteiger partial charge in [0.25, 0.3) is 0 Å². The molecule has 7 heteroatoms. The van der Waals surface area contributed by atoms with E-state index in [0.29, 0.717) is 6.04 Å². The van der Waals surface area contributed by atoms with Crippen LogP contribution in [0.4, 0.5) is 0 Å². The maximum absolute atomic E-state index is 5.72. The molecule has 0 spiro atoms. The topological polar surface area (TPSA) is 59.3 Å². The first-order chi connectivity index (χ1) is 10.3. The molecule has 3 rings (SSSR count). The number of rotatable bonds is 5. The Bertz CT molecular complexity index is 436. The lowest BCUT2D eigenvalue weighted by molar-refractivity contribution is 0.0829. The molecule has 1 aromatic heterocycles. The lowest BCUT2D eigenvalue weighted by Crippen LogP contribution is -2.46. The second kappa shape index (κ2) is 6.81. The first-order valence-electron chi connectivity index (χ1n) is 8.08. The predicted octanol–water partition coefficient (Wildman–Crippen LogP) is 0.551. The molecule has 0 bridgehead atoms. The summed E-state index contributed by atoms with van der Waals surface area (Å²) < 4.78 is 7.68. The van der Waals surface area contributed by atoms with E-state index in [4.69, 9.17) is 4.74 Å². The maximum atomic E-state index is 5.72. The van der Waals surface area contributed by atoms with Gasteiger partial charge in [-0.2, -0.15) is 0 Å². The first kappa shape index (κ1) is 14.9. The van der Waals surface area contributed by atoms with Gasteiger partial charge in [0.15, 0.2) is 5.82 Å². The molecule has 2 fully saturated rings. The molecule has 0 amide bonds. The number of piperazine rings is 1. The first-order valence-corrected chi connectivity index (χ1v) is 8.08. The van der Waals surface area contributed by atoms with Crippen LogP contribution in [0.1, 0.15) is 38.1 Å². The summed E-state index contributed by atoms with van der Waals surface area (Å²) in [5, 5.41) is 12.4. The van der Waals surface area contributed by atoms with Crippen molar-refractivity contribution >= 4 is 0 Å². The van der Waals surface area contributed by atoms with Gasteiger partial charge in [-0.1, -0.05) is 6.92 Å². The highest BCUT2D eigenvalue weighted by Crippen LogP contribution is 2.24. The van der Waals surface area contributed by atoms with Gasteiger partial charge in [-0.25, -0.2) is 4.68 Å². The number of aromatic nitrogens is 4. The van der Waals surface area contributed by atoms with Crippen molar-refractivity contribution in [2.75, 3.05) is 39.8 Å². The van der Waals surface area contributed by atoms with E-state index in [1.165, 1.54) is 0 Å². The lowest BCUT2D eigenvalue weighted by atomic mass is 10.1. The third kappa shape index (κ3) is 3.41. The monoisotopic (exact) mass is 294 g/mol. The lowest BCUT2D eigenvalue weighted by Gasteiger charge is -2.37. The third-order valence-electron chi connectivity index (χ3n) is 4.62. The van der Waals surface area contributed by atoms with Crippen molar-refractivity contribution < 1.29 is 4.74 Å². The minimum Gasteiger partial charge on any atom is -0.376 e. The standard InChI is InChI=1S/C14H26N6O/c1-3-13(19-8-6-18(2)7-9-19)14-15-16-17-20(14)11-12-5-4-10-21-12/h12-13H,3-11H2,1-2H3/t12-,13-/m0/s1. The number of ether oxygens (including phenoxy) is 1. The summed E-state index contributed by atoms with van der Waals surface area (Å²) in [6.45, 7) is 8.27. The zero-order valence-corrected chi connectivity index (χ0v) is 13.1. The molecule has 0 unspecified atom stereocenters. The van der Waals surface area contributed by atoms with Crippen LogP contribution in [0.5, 0.6) is 0 Å². The highest BCUT2D eigenvalue weighted by Gasteiger charge is 2.28. The minimum atomic E-state index is 0.275. The molecule has 0 N–H and O–H groups in total. The number of hydrogen-bond acceptors (Lipinski definition) is 6. The van der Waals surface area contributed by atoms with Crippen molar-refractivity contribution in [3.63, 3.8) is 0 Å². The van der Waals surface area contributed by atoms with Crippen molar-refractivity contribution in [3.05, 3.63) is 5.82 Å². The van der Waals surface area contributed by atoms with Crippen LogP contribution in [0.2, 0.25) is 0 Å². The van der Waals surface area contributed by atoms with Gasteiger partial charge in [-0.05, 0) is 36.7 Å². The smallest absolute Gasteiger partial charge is 0.168 e. The molecule has 2 atom stereocenters. The van der Waals surface area contributed by atoms with Crippen LogP contribution in [0, 0.1) is 0 Å². The number of hydrogen-bond donors (Lipinski definition) is 0. The number of likely N-dealkylation sites (N-methyl/N-ethyl adjacent to an activating group) is 1. The number of tetrazole rings is 1. The van der Waals surface area contributed by atoms with E-state index < -0.39 is 0 Å². The van der Waals surface area contributed by atoms with Gasteiger partial charge >= 0.3 is 0 Å². The summed E-state index contributed by atoms with van der Waals surface area (Å²) in [7, 11) is 2.18. The highest BCUT2D eigenvalue weighted by atomic mass is 16.5. The van der Waals surface area contributed by atoms with E-state index in [1.54, 1.807) is 0 Å². The van der Waals surface area contributed by atoms with E-state index in [1.807, 2.05) is 4.68 Å². The molecular weight excluding hydrogens is 268 g/mol. The van der Waals surface area contributed by atoms with Crippen molar-refractivity contribution in [3.8, 4) is 0 Å². The fraction of sp³-hybridized carbons (Fsp3) is 0.929. The summed E-state index contributed by atoms with van der Waals surface area (Å²) in [5.74, 6) is 0.998. The van der Waals surface area contributed by atoms with Gasteiger partial charge in [0.1, 0.15) is 0 Å². The van der Waals surface area contributed by atoms with E-state index in [0.717, 1.165) is 64.4 Å². The Balaban J connectivity index is 1.70. The van der Waals surface area contributed by atoms with Crippen molar-refractivity contribution in [1.29, 1.82) is 0 Å². The molecule has 0 saturated carbocycles. The second-order valence-electron chi connectivity index (χ2n) is 6.12. The van der Waals surface area contributed by atoms with Crippen LogP contribution < -0.4 is 0 Å². The van der Waals surface area contributed by atoms with Crippen LogP contribution in [0.25, 0.3) is 0 Å². The van der Waals surface area contributed by atoms with Crippen LogP contribution in [0.3, 0.4) is 0 Å². The van der Waals surface area contributed by atoms with Gasteiger partial charge in [0.2, 0.25) is 0 Å². The molecule has 3 heterocycles. The highest BCUT2D eigenvalue weighted by molar-refractivity contribution is 4.95. The van der Waals surface area contributed by atoms with Crippen LogP contribution in [0.15, 0.2) is 0 Å². The maximum Gasteiger partial charge on any atom is 0.168 e. The summed E-state index contributed by atoms with van der Waals surface area (Å²) in [6, 6.07) is 0.315. The van der Waals surface area contributed by atoms with E-state index in [9.17, 15) is 0 Å². The van der Waals surface area contributed by atoms with Gasteiger partial charge in [0, 0.05) is 32.8 Å². The molecule has 0 radical (unpaired) electrons. The summed E-state index contributed by atoms with van der Waals surface area (Å²) in [6.07, 6.45) is 3.58. The Labute approximate surface area is 126 Å². The van der Waals surface area contributed by atoms with E-state index in [-0.39, 0.29) is 6.10 Å². The average molecular weight is 294 g/mol. The Kier molecular flexibility index (Phi) is 4.82. The molecule has 1 aromatic rings. The molecule has 2 aliphatic rings. The molecule has 118 valence electrons.